The summed E-state index contributed by atoms with van der Waals surface area (Å²) < 4.78 is 24.5. The molecule has 2 aromatic rings. The van der Waals surface area contributed by atoms with E-state index in [1.54, 1.807) is 18.2 Å². The van der Waals surface area contributed by atoms with Gasteiger partial charge in [-0.05, 0) is 6.07 Å². The van der Waals surface area contributed by atoms with Crippen molar-refractivity contribution in [1.29, 1.82) is 0 Å². The average Bonchev–Trinajstić information content (AvgIpc) is 2.78. The first-order valence-corrected chi connectivity index (χ1v) is 5.33. The molecule has 0 fully saturated rings. The minimum atomic E-state index is -0.403. The molecule has 0 saturated heterocycles. The van der Waals surface area contributed by atoms with Crippen LogP contribution in [0.1, 0.15) is 5.56 Å². The smallest absolute Gasteiger partial charge is 0.145 e. The van der Waals surface area contributed by atoms with Crippen molar-refractivity contribution in [3.05, 3.63) is 29.6 Å². The van der Waals surface area contributed by atoms with Gasteiger partial charge < -0.3 is 15.2 Å². The van der Waals surface area contributed by atoms with Gasteiger partial charge in [0.05, 0.1) is 25.0 Å². The fourth-order valence-electron chi connectivity index (χ4n) is 1.75. The van der Waals surface area contributed by atoms with Crippen molar-refractivity contribution in [1.82, 2.24) is 10.2 Å². The molecule has 6 heteroatoms. The Labute approximate surface area is 104 Å². The third-order valence-corrected chi connectivity index (χ3v) is 2.57. The quantitative estimate of drug-likeness (QED) is 0.871. The Hall–Kier alpha value is -2.08. The fourth-order valence-corrected chi connectivity index (χ4v) is 1.75. The number of rotatable bonds is 4. The van der Waals surface area contributed by atoms with E-state index in [9.17, 15) is 4.39 Å². The minimum Gasteiger partial charge on any atom is -0.496 e. The van der Waals surface area contributed by atoms with E-state index in [0.717, 1.165) is 0 Å². The van der Waals surface area contributed by atoms with Crippen LogP contribution in [-0.2, 0) is 11.3 Å². The summed E-state index contributed by atoms with van der Waals surface area (Å²) in [6, 6.07) is 4.86. The third kappa shape index (κ3) is 2.14. The zero-order valence-electron chi connectivity index (χ0n) is 10.2. The highest BCUT2D eigenvalue weighted by molar-refractivity contribution is 5.70. The first-order valence-electron chi connectivity index (χ1n) is 5.33. The number of nitrogens with one attached hydrogen (secondary N) is 1. The van der Waals surface area contributed by atoms with E-state index in [1.807, 2.05) is 0 Å². The first-order chi connectivity index (χ1) is 8.67. The zero-order chi connectivity index (χ0) is 13.1. The standard InChI is InChI=1S/C12H14FN3O2/c1-17-6-7-3-4-9(18-2)11(12(7)13)8-5-10(14)16-15-8/h3-5H,6H2,1-2H3,(H3,14,15,16). The number of hydrogen-bond acceptors (Lipinski definition) is 4. The Morgan fingerprint density at radius 2 is 2.17 bits per heavy atom. The fraction of sp³-hybridized carbons (Fsp3) is 0.250. The second kappa shape index (κ2) is 5.05. The first kappa shape index (κ1) is 12.4. The molecule has 0 unspecified atom stereocenters. The highest BCUT2D eigenvalue weighted by atomic mass is 19.1. The van der Waals surface area contributed by atoms with Gasteiger partial charge in [-0.1, -0.05) is 6.07 Å². The highest BCUT2D eigenvalue weighted by Crippen LogP contribution is 2.34. The Bertz CT molecular complexity index is 554. The van der Waals surface area contributed by atoms with Gasteiger partial charge in [0.2, 0.25) is 0 Å². The molecule has 96 valence electrons. The lowest BCUT2D eigenvalue weighted by molar-refractivity contribution is 0.181. The number of anilines is 1. The van der Waals surface area contributed by atoms with Crippen LogP contribution < -0.4 is 10.5 Å². The largest absolute Gasteiger partial charge is 0.496 e. The van der Waals surface area contributed by atoms with E-state index < -0.39 is 5.82 Å². The van der Waals surface area contributed by atoms with Gasteiger partial charge in [-0.3, -0.25) is 5.10 Å². The van der Waals surface area contributed by atoms with Gasteiger partial charge in [-0.15, -0.1) is 0 Å². The molecule has 0 saturated carbocycles. The van der Waals surface area contributed by atoms with Gasteiger partial charge in [0.1, 0.15) is 17.4 Å². The topological polar surface area (TPSA) is 73.2 Å². The average molecular weight is 251 g/mol. The number of nitrogen functional groups attached to an aromatic ring is 1. The molecule has 0 aliphatic carbocycles. The summed E-state index contributed by atoms with van der Waals surface area (Å²) in [7, 11) is 2.99. The highest BCUT2D eigenvalue weighted by Gasteiger charge is 2.17. The maximum Gasteiger partial charge on any atom is 0.145 e. The lowest BCUT2D eigenvalue weighted by Gasteiger charge is -2.11. The molecular formula is C12H14FN3O2. The minimum absolute atomic E-state index is 0.187. The number of H-pyrrole nitrogens is 1. The van der Waals surface area contributed by atoms with E-state index in [0.29, 0.717) is 28.4 Å². The summed E-state index contributed by atoms with van der Waals surface area (Å²) in [6.45, 7) is 0.187. The predicted octanol–water partition coefficient (Wildman–Crippen LogP) is 1.95. The van der Waals surface area contributed by atoms with E-state index in [1.165, 1.54) is 14.2 Å². The van der Waals surface area contributed by atoms with Gasteiger partial charge in [-0.25, -0.2) is 4.39 Å². The van der Waals surface area contributed by atoms with E-state index in [2.05, 4.69) is 10.2 Å². The SMILES string of the molecule is COCc1ccc(OC)c(-c2cc(N)n[nH]2)c1F. The molecule has 0 amide bonds. The van der Waals surface area contributed by atoms with Crippen molar-refractivity contribution >= 4 is 5.82 Å². The van der Waals surface area contributed by atoms with Crippen LogP contribution in [0, 0.1) is 5.82 Å². The molecule has 2 rings (SSSR count). The number of ether oxygens (including phenoxy) is 2. The van der Waals surface area contributed by atoms with Gasteiger partial charge in [0.25, 0.3) is 0 Å². The molecule has 0 spiro atoms. The van der Waals surface area contributed by atoms with E-state index in [-0.39, 0.29) is 6.61 Å². The number of benzene rings is 1. The maximum absolute atomic E-state index is 14.4. The van der Waals surface area contributed by atoms with Gasteiger partial charge in [-0.2, -0.15) is 5.10 Å². The molecule has 0 radical (unpaired) electrons. The van der Waals surface area contributed by atoms with Crippen LogP contribution in [-0.4, -0.2) is 24.4 Å². The molecule has 5 nitrogen and oxygen atoms in total. The molecule has 1 heterocycles. The van der Waals surface area contributed by atoms with Gasteiger partial charge in [0.15, 0.2) is 0 Å². The summed E-state index contributed by atoms with van der Waals surface area (Å²) in [6.07, 6.45) is 0. The lowest BCUT2D eigenvalue weighted by atomic mass is 10.1. The Morgan fingerprint density at radius 1 is 1.39 bits per heavy atom. The zero-order valence-corrected chi connectivity index (χ0v) is 10.2. The summed E-state index contributed by atoms with van der Waals surface area (Å²) >= 11 is 0. The third-order valence-electron chi connectivity index (χ3n) is 2.57. The van der Waals surface area contributed by atoms with Crippen molar-refractivity contribution in [3.63, 3.8) is 0 Å². The maximum atomic E-state index is 14.4. The van der Waals surface area contributed by atoms with Crippen LogP contribution in [0.3, 0.4) is 0 Å². The Morgan fingerprint density at radius 3 is 2.72 bits per heavy atom. The van der Waals surface area contributed by atoms with Gasteiger partial charge in [0, 0.05) is 18.7 Å². The van der Waals surface area contributed by atoms with Crippen LogP contribution in [0.2, 0.25) is 0 Å². The van der Waals surface area contributed by atoms with Crippen LogP contribution in [0.15, 0.2) is 18.2 Å². The number of nitrogens with two attached hydrogens (primary N) is 1. The van der Waals surface area contributed by atoms with Crippen LogP contribution >= 0.6 is 0 Å². The molecule has 0 bridgehead atoms. The number of halogens is 1. The molecule has 1 aromatic carbocycles. The monoisotopic (exact) mass is 251 g/mol. The molecule has 1 aromatic heterocycles. The second-order valence-electron chi connectivity index (χ2n) is 3.76. The Balaban J connectivity index is 2.58. The number of aromatic nitrogens is 2. The van der Waals surface area contributed by atoms with Gasteiger partial charge >= 0.3 is 0 Å². The van der Waals surface area contributed by atoms with E-state index >= 15 is 0 Å². The van der Waals surface area contributed by atoms with Crippen molar-refractivity contribution in [3.8, 4) is 17.0 Å². The van der Waals surface area contributed by atoms with Crippen molar-refractivity contribution in [2.45, 2.75) is 6.61 Å². The lowest BCUT2D eigenvalue weighted by Crippen LogP contribution is -1.99. The predicted molar refractivity (Wildman–Crippen MR) is 65.7 cm³/mol. The Kier molecular flexibility index (Phi) is 3.47. The van der Waals surface area contributed by atoms with Crippen LogP contribution in [0.5, 0.6) is 5.75 Å². The second-order valence-corrected chi connectivity index (χ2v) is 3.76. The van der Waals surface area contributed by atoms with Crippen molar-refractivity contribution in [2.24, 2.45) is 0 Å². The summed E-state index contributed by atoms with van der Waals surface area (Å²) in [5, 5.41) is 6.46. The molecule has 0 atom stereocenters. The summed E-state index contributed by atoms with van der Waals surface area (Å²) in [4.78, 5) is 0. The number of hydrogen-bond donors (Lipinski definition) is 2. The van der Waals surface area contributed by atoms with Crippen molar-refractivity contribution < 1.29 is 13.9 Å². The molecule has 3 N–H and O–H groups in total. The van der Waals surface area contributed by atoms with Crippen LogP contribution in [0.4, 0.5) is 10.2 Å². The summed E-state index contributed by atoms with van der Waals surface area (Å²) in [5.41, 5.74) is 6.74. The number of nitrogens with zero attached hydrogens (tertiary/aromatic N) is 1. The summed E-state index contributed by atoms with van der Waals surface area (Å²) in [5.74, 6) is 0.305. The van der Waals surface area contributed by atoms with Crippen LogP contribution in [0.25, 0.3) is 11.3 Å². The normalized spacial score (nSPS) is 10.6. The molecule has 0 aliphatic heterocycles. The van der Waals surface area contributed by atoms with Crippen molar-refractivity contribution in [2.75, 3.05) is 20.0 Å². The van der Waals surface area contributed by atoms with E-state index in [4.69, 9.17) is 15.2 Å². The number of aromatic amines is 1. The molecule has 0 aliphatic rings. The molecule has 18 heavy (non-hydrogen) atoms. The number of methoxy groups -OCH3 is 2. The molecular weight excluding hydrogens is 237 g/mol.